The molecule has 0 radical (unpaired) electrons. The number of likely N-dealkylation sites (N-methyl/N-ethyl adjacent to an activating group) is 1. The van der Waals surface area contributed by atoms with E-state index in [4.69, 9.17) is 0 Å². The molecular weight excluding hydrogens is 226 g/mol. The topological polar surface area (TPSA) is 35.6 Å². The van der Waals surface area contributed by atoms with Gasteiger partial charge in [0.05, 0.1) is 6.54 Å². The Morgan fingerprint density at radius 2 is 1.89 bits per heavy atom. The number of carbonyl (C=O) groups is 1. The third-order valence-corrected chi connectivity index (χ3v) is 4.32. The Labute approximate surface area is 112 Å². The molecule has 1 rings (SSSR count). The van der Waals surface area contributed by atoms with Crippen LogP contribution in [0.5, 0.6) is 0 Å². The lowest BCUT2D eigenvalue weighted by Crippen LogP contribution is -2.46. The average molecular weight is 255 g/mol. The first-order valence-electron chi connectivity index (χ1n) is 7.11. The summed E-state index contributed by atoms with van der Waals surface area (Å²) in [5.74, 6) is 0.995. The lowest BCUT2D eigenvalue weighted by atomic mass is 9.90. The second-order valence-corrected chi connectivity index (χ2v) is 5.79. The van der Waals surface area contributed by atoms with Crippen LogP contribution in [0.2, 0.25) is 0 Å². The first-order valence-corrected chi connectivity index (χ1v) is 7.11. The van der Waals surface area contributed by atoms with E-state index in [1.807, 2.05) is 19.0 Å². The molecule has 1 unspecified atom stereocenters. The summed E-state index contributed by atoms with van der Waals surface area (Å²) in [5, 5.41) is 3.33. The third kappa shape index (κ3) is 4.25. The minimum Gasteiger partial charge on any atom is -0.342 e. The van der Waals surface area contributed by atoms with Gasteiger partial charge in [0.15, 0.2) is 0 Å². The predicted molar refractivity (Wildman–Crippen MR) is 75.6 cm³/mol. The van der Waals surface area contributed by atoms with Crippen LogP contribution in [0.3, 0.4) is 0 Å². The van der Waals surface area contributed by atoms with Crippen molar-refractivity contribution in [2.45, 2.75) is 45.7 Å². The molecule has 0 saturated carbocycles. The maximum Gasteiger partial charge on any atom is 0.236 e. The normalized spacial score (nSPS) is 20.1. The number of likely N-dealkylation sites (tertiary alicyclic amines) is 1. The lowest BCUT2D eigenvalue weighted by molar-refractivity contribution is -0.132. The van der Waals surface area contributed by atoms with Gasteiger partial charge in [0.2, 0.25) is 5.91 Å². The zero-order valence-electron chi connectivity index (χ0n) is 12.6. The van der Waals surface area contributed by atoms with E-state index in [-0.39, 0.29) is 5.91 Å². The maximum absolute atomic E-state index is 12.0. The molecule has 1 saturated heterocycles. The highest BCUT2D eigenvalue weighted by atomic mass is 16.2. The van der Waals surface area contributed by atoms with Gasteiger partial charge in [-0.25, -0.2) is 0 Å². The molecule has 1 heterocycles. The Kier molecular flexibility index (Phi) is 6.09. The van der Waals surface area contributed by atoms with E-state index in [2.05, 4.69) is 31.0 Å². The van der Waals surface area contributed by atoms with Crippen LogP contribution in [0.1, 0.15) is 33.6 Å². The number of carbonyl (C=O) groups excluding carboxylic acids is 1. The molecule has 1 N–H and O–H groups in total. The fourth-order valence-electron chi connectivity index (χ4n) is 2.44. The van der Waals surface area contributed by atoms with E-state index in [1.54, 1.807) is 0 Å². The van der Waals surface area contributed by atoms with Crippen molar-refractivity contribution in [3.8, 4) is 0 Å². The van der Waals surface area contributed by atoms with Gasteiger partial charge in [-0.05, 0) is 59.7 Å². The highest BCUT2D eigenvalue weighted by Crippen LogP contribution is 2.20. The van der Waals surface area contributed by atoms with Crippen molar-refractivity contribution in [2.75, 3.05) is 33.7 Å². The molecule has 0 aromatic heterocycles. The van der Waals surface area contributed by atoms with Crippen molar-refractivity contribution in [2.24, 2.45) is 5.92 Å². The van der Waals surface area contributed by atoms with Crippen LogP contribution >= 0.6 is 0 Å². The summed E-state index contributed by atoms with van der Waals surface area (Å²) < 4.78 is 0. The van der Waals surface area contributed by atoms with Crippen molar-refractivity contribution >= 4 is 5.91 Å². The lowest BCUT2D eigenvalue weighted by Gasteiger charge is -2.35. The molecule has 0 aliphatic carbocycles. The molecule has 0 aromatic rings. The minimum atomic E-state index is 0.241. The Morgan fingerprint density at radius 1 is 1.33 bits per heavy atom. The molecule has 18 heavy (non-hydrogen) atoms. The third-order valence-electron chi connectivity index (χ3n) is 4.32. The van der Waals surface area contributed by atoms with Crippen LogP contribution in [0.15, 0.2) is 0 Å². The summed E-state index contributed by atoms with van der Waals surface area (Å²) in [6.07, 6.45) is 2.39. The van der Waals surface area contributed by atoms with Gasteiger partial charge in [-0.3, -0.25) is 9.69 Å². The largest absolute Gasteiger partial charge is 0.342 e. The van der Waals surface area contributed by atoms with E-state index in [1.165, 1.54) is 12.8 Å². The van der Waals surface area contributed by atoms with Crippen molar-refractivity contribution in [1.29, 1.82) is 0 Å². The van der Waals surface area contributed by atoms with Gasteiger partial charge in [-0.2, -0.15) is 0 Å². The van der Waals surface area contributed by atoms with E-state index in [9.17, 15) is 4.79 Å². The molecule has 1 aliphatic rings. The van der Waals surface area contributed by atoms with Gasteiger partial charge < -0.3 is 10.2 Å². The molecule has 1 fully saturated rings. The number of nitrogens with zero attached hydrogens (tertiary/aromatic N) is 2. The Bertz CT molecular complexity index is 260. The second-order valence-electron chi connectivity index (χ2n) is 5.79. The SMILES string of the molecule is CNC(C)C1CCN(CC(=O)N(C)C(C)C)CC1. The monoisotopic (exact) mass is 255 g/mol. The Morgan fingerprint density at radius 3 is 2.33 bits per heavy atom. The predicted octanol–water partition coefficient (Wildman–Crippen LogP) is 1.17. The van der Waals surface area contributed by atoms with Crippen molar-refractivity contribution in [1.82, 2.24) is 15.1 Å². The average Bonchev–Trinajstić information content (AvgIpc) is 2.37. The highest BCUT2D eigenvalue weighted by molar-refractivity contribution is 5.78. The second kappa shape index (κ2) is 7.10. The summed E-state index contributed by atoms with van der Waals surface area (Å²) in [4.78, 5) is 16.1. The molecule has 1 aliphatic heterocycles. The number of hydrogen-bond donors (Lipinski definition) is 1. The molecular formula is C14H29N3O. The van der Waals surface area contributed by atoms with Gasteiger partial charge in [-0.15, -0.1) is 0 Å². The van der Waals surface area contributed by atoms with E-state index < -0.39 is 0 Å². The molecule has 1 amide bonds. The fourth-order valence-corrected chi connectivity index (χ4v) is 2.44. The van der Waals surface area contributed by atoms with Crippen molar-refractivity contribution in [3.63, 3.8) is 0 Å². The molecule has 106 valence electrons. The Balaban J connectivity index is 2.33. The minimum absolute atomic E-state index is 0.241. The number of rotatable bonds is 5. The molecule has 4 nitrogen and oxygen atoms in total. The molecule has 0 spiro atoms. The number of piperidine rings is 1. The van der Waals surface area contributed by atoms with Gasteiger partial charge >= 0.3 is 0 Å². The quantitative estimate of drug-likeness (QED) is 0.801. The number of nitrogens with one attached hydrogen (secondary N) is 1. The van der Waals surface area contributed by atoms with Crippen LogP contribution < -0.4 is 5.32 Å². The number of hydrogen-bond acceptors (Lipinski definition) is 3. The van der Waals surface area contributed by atoms with E-state index in [0.717, 1.165) is 19.0 Å². The first-order chi connectivity index (χ1) is 8.45. The van der Waals surface area contributed by atoms with Gasteiger partial charge in [-0.1, -0.05) is 0 Å². The zero-order chi connectivity index (χ0) is 13.7. The molecule has 0 bridgehead atoms. The van der Waals surface area contributed by atoms with E-state index >= 15 is 0 Å². The van der Waals surface area contributed by atoms with Gasteiger partial charge in [0, 0.05) is 19.1 Å². The van der Waals surface area contributed by atoms with E-state index in [0.29, 0.717) is 18.6 Å². The van der Waals surface area contributed by atoms with Crippen molar-refractivity contribution < 1.29 is 4.79 Å². The zero-order valence-corrected chi connectivity index (χ0v) is 12.6. The van der Waals surface area contributed by atoms with Crippen molar-refractivity contribution in [3.05, 3.63) is 0 Å². The van der Waals surface area contributed by atoms with Crippen LogP contribution in [-0.4, -0.2) is 61.5 Å². The fraction of sp³-hybridized carbons (Fsp3) is 0.929. The van der Waals surface area contributed by atoms with Gasteiger partial charge in [0.25, 0.3) is 0 Å². The number of amides is 1. The first kappa shape index (κ1) is 15.4. The van der Waals surface area contributed by atoms with Crippen LogP contribution in [0, 0.1) is 5.92 Å². The summed E-state index contributed by atoms with van der Waals surface area (Å²) in [6, 6.07) is 0.876. The molecule has 4 heteroatoms. The Hall–Kier alpha value is -0.610. The molecule has 1 atom stereocenters. The maximum atomic E-state index is 12.0. The summed E-state index contributed by atoms with van der Waals surface area (Å²) >= 11 is 0. The van der Waals surface area contributed by atoms with Crippen LogP contribution in [0.25, 0.3) is 0 Å². The molecule has 0 aromatic carbocycles. The highest BCUT2D eigenvalue weighted by Gasteiger charge is 2.25. The van der Waals surface area contributed by atoms with Crippen LogP contribution in [0.4, 0.5) is 0 Å². The van der Waals surface area contributed by atoms with Crippen LogP contribution in [-0.2, 0) is 4.79 Å². The summed E-state index contributed by atoms with van der Waals surface area (Å²) in [6.45, 7) is 9.04. The summed E-state index contributed by atoms with van der Waals surface area (Å²) in [5.41, 5.74) is 0. The smallest absolute Gasteiger partial charge is 0.236 e. The van der Waals surface area contributed by atoms with Gasteiger partial charge in [0.1, 0.15) is 0 Å². The standard InChI is InChI=1S/C14H29N3O/c1-11(2)16(5)14(18)10-17-8-6-13(7-9-17)12(3)15-4/h11-13,15H,6-10H2,1-5H3. The summed E-state index contributed by atoms with van der Waals surface area (Å²) in [7, 11) is 3.92.